The molecule has 10 heteroatoms. The Balaban J connectivity index is 1.88. The summed E-state index contributed by atoms with van der Waals surface area (Å²) in [4.78, 5) is 37.2. The van der Waals surface area contributed by atoms with Crippen molar-refractivity contribution >= 4 is 46.3 Å². The van der Waals surface area contributed by atoms with Gasteiger partial charge in [0, 0.05) is 37.3 Å². The molecular weight excluding hydrogens is 430 g/mol. The third-order valence-corrected chi connectivity index (χ3v) is 5.97. The second kappa shape index (κ2) is 10.7. The van der Waals surface area contributed by atoms with E-state index in [2.05, 4.69) is 16.0 Å². The largest absolute Gasteiger partial charge is 0.368 e. The highest BCUT2D eigenvalue weighted by Gasteiger charge is 2.23. The molecule has 3 N–H and O–H groups in total. The second-order valence-electron chi connectivity index (χ2n) is 7.03. The van der Waals surface area contributed by atoms with E-state index in [1.807, 2.05) is 6.07 Å². The van der Waals surface area contributed by atoms with Crippen LogP contribution in [-0.2, 0) is 20.9 Å². The molecule has 3 rings (SSSR count). The van der Waals surface area contributed by atoms with Gasteiger partial charge in [-0.3, -0.25) is 19.0 Å². The van der Waals surface area contributed by atoms with Crippen molar-refractivity contribution in [2.75, 3.05) is 23.8 Å². The molecule has 0 bridgehead atoms. The van der Waals surface area contributed by atoms with E-state index in [0.29, 0.717) is 46.7 Å². The minimum atomic E-state index is -0.507. The molecule has 1 aliphatic heterocycles. The topological polar surface area (TPSA) is 125 Å². The highest BCUT2D eigenvalue weighted by molar-refractivity contribution is 7.07. The Bertz CT molecular complexity index is 1220. The smallest absolute Gasteiger partial charge is 0.270 e. The fourth-order valence-corrected chi connectivity index (χ4v) is 4.37. The van der Waals surface area contributed by atoms with Gasteiger partial charge in [-0.1, -0.05) is 6.07 Å². The van der Waals surface area contributed by atoms with Gasteiger partial charge in [0.1, 0.15) is 21.4 Å². The van der Waals surface area contributed by atoms with Crippen LogP contribution in [0.15, 0.2) is 29.1 Å². The van der Waals surface area contributed by atoms with Crippen LogP contribution in [0.2, 0.25) is 0 Å². The van der Waals surface area contributed by atoms with Gasteiger partial charge in [0.25, 0.3) is 17.4 Å². The van der Waals surface area contributed by atoms with Crippen LogP contribution in [0.3, 0.4) is 0 Å². The third kappa shape index (κ3) is 5.25. The molecule has 1 saturated heterocycles. The van der Waals surface area contributed by atoms with Crippen molar-refractivity contribution in [2.24, 2.45) is 0 Å². The number of hydrogen-bond donors (Lipinski definition) is 3. The van der Waals surface area contributed by atoms with Gasteiger partial charge < -0.3 is 20.7 Å². The van der Waals surface area contributed by atoms with Gasteiger partial charge in [-0.2, -0.15) is 5.26 Å². The molecule has 168 valence electrons. The maximum Gasteiger partial charge on any atom is 0.270 e. The lowest BCUT2D eigenvalue weighted by molar-refractivity contribution is -0.124. The van der Waals surface area contributed by atoms with Crippen molar-refractivity contribution in [2.45, 2.75) is 39.3 Å². The van der Waals surface area contributed by atoms with Crippen LogP contribution in [-0.4, -0.2) is 35.6 Å². The van der Waals surface area contributed by atoms with Crippen molar-refractivity contribution < 1.29 is 14.3 Å². The zero-order valence-corrected chi connectivity index (χ0v) is 18.8. The van der Waals surface area contributed by atoms with Gasteiger partial charge in [-0.05, 0) is 44.9 Å². The molecule has 0 spiro atoms. The predicted molar refractivity (Wildman–Crippen MR) is 123 cm³/mol. The van der Waals surface area contributed by atoms with E-state index < -0.39 is 12.0 Å². The van der Waals surface area contributed by atoms with E-state index >= 15 is 0 Å². The Kier molecular flexibility index (Phi) is 7.81. The maximum atomic E-state index is 12.8. The average molecular weight is 456 g/mol. The number of nitriles is 1. The SMILES string of the molecule is CCNC(=O)C(C#N)=c1sc(=CNc2cccc(NC(=O)C3CCCO3)c2)c(=O)n1CC. The van der Waals surface area contributed by atoms with Crippen LogP contribution in [0.25, 0.3) is 11.8 Å². The van der Waals surface area contributed by atoms with E-state index in [1.54, 1.807) is 38.1 Å². The molecule has 1 unspecified atom stereocenters. The summed E-state index contributed by atoms with van der Waals surface area (Å²) in [5.74, 6) is -0.685. The van der Waals surface area contributed by atoms with E-state index in [4.69, 9.17) is 4.74 Å². The predicted octanol–water partition coefficient (Wildman–Crippen LogP) is 0.708. The number of benzene rings is 1. The van der Waals surface area contributed by atoms with Crippen LogP contribution in [0.4, 0.5) is 11.4 Å². The fourth-order valence-electron chi connectivity index (χ4n) is 3.28. The van der Waals surface area contributed by atoms with Crippen LogP contribution in [0.1, 0.15) is 26.7 Å². The van der Waals surface area contributed by atoms with Gasteiger partial charge in [-0.15, -0.1) is 11.3 Å². The Labute approximate surface area is 189 Å². The number of hydrogen-bond acceptors (Lipinski definition) is 7. The van der Waals surface area contributed by atoms with Crippen LogP contribution < -0.4 is 30.7 Å². The lowest BCUT2D eigenvalue weighted by Gasteiger charge is -2.11. The zero-order chi connectivity index (χ0) is 23.1. The molecular formula is C22H25N5O4S. The first-order valence-corrected chi connectivity index (χ1v) is 11.2. The summed E-state index contributed by atoms with van der Waals surface area (Å²) in [6.07, 6.45) is 2.69. The van der Waals surface area contributed by atoms with Crippen molar-refractivity contribution in [3.8, 4) is 6.07 Å². The zero-order valence-electron chi connectivity index (χ0n) is 17.9. The number of anilines is 2. The van der Waals surface area contributed by atoms with Crippen molar-refractivity contribution in [1.29, 1.82) is 5.26 Å². The molecule has 0 radical (unpaired) electrons. The van der Waals surface area contributed by atoms with Crippen LogP contribution >= 0.6 is 11.3 Å². The molecule has 2 amide bonds. The molecule has 1 fully saturated rings. The first kappa shape index (κ1) is 23.2. The summed E-state index contributed by atoms with van der Waals surface area (Å²) >= 11 is 1.07. The molecule has 0 saturated carbocycles. The second-order valence-corrected chi connectivity index (χ2v) is 8.06. The highest BCUT2D eigenvalue weighted by Crippen LogP contribution is 2.18. The summed E-state index contributed by atoms with van der Waals surface area (Å²) < 4.78 is 7.48. The average Bonchev–Trinajstić information content (AvgIpc) is 3.42. The van der Waals surface area contributed by atoms with Crippen LogP contribution in [0, 0.1) is 11.3 Å². The molecule has 2 heterocycles. The minimum Gasteiger partial charge on any atom is -0.368 e. The Morgan fingerprint density at radius 3 is 2.78 bits per heavy atom. The number of nitrogens with zero attached hydrogens (tertiary/aromatic N) is 2. The van der Waals surface area contributed by atoms with Crippen molar-refractivity contribution in [3.05, 3.63) is 43.8 Å². The number of rotatable bonds is 7. The molecule has 9 nitrogen and oxygen atoms in total. The van der Waals surface area contributed by atoms with Crippen molar-refractivity contribution in [1.82, 2.24) is 9.88 Å². The Morgan fingerprint density at radius 1 is 1.34 bits per heavy atom. The summed E-state index contributed by atoms with van der Waals surface area (Å²) in [5.41, 5.74) is 0.896. The van der Waals surface area contributed by atoms with Crippen LogP contribution in [0.5, 0.6) is 0 Å². The lowest BCUT2D eigenvalue weighted by Crippen LogP contribution is -2.34. The van der Waals surface area contributed by atoms with Gasteiger partial charge >= 0.3 is 0 Å². The summed E-state index contributed by atoms with van der Waals surface area (Å²) in [6.45, 7) is 4.84. The number of aromatic nitrogens is 1. The highest BCUT2D eigenvalue weighted by atomic mass is 32.1. The third-order valence-electron chi connectivity index (χ3n) is 4.84. The molecule has 1 aliphatic rings. The van der Waals surface area contributed by atoms with E-state index in [9.17, 15) is 19.6 Å². The normalized spacial score (nSPS) is 16.9. The summed E-state index contributed by atoms with van der Waals surface area (Å²) in [6, 6.07) is 9.01. The lowest BCUT2D eigenvalue weighted by atomic mass is 10.2. The monoisotopic (exact) mass is 455 g/mol. The summed E-state index contributed by atoms with van der Waals surface area (Å²) in [5, 5.41) is 18.0. The number of carbonyl (C=O) groups is 2. The van der Waals surface area contributed by atoms with E-state index in [1.165, 1.54) is 10.8 Å². The number of nitrogens with one attached hydrogen (secondary N) is 3. The Morgan fingerprint density at radius 2 is 2.12 bits per heavy atom. The molecule has 1 aromatic carbocycles. The number of ether oxygens (including phenoxy) is 1. The molecule has 2 aromatic rings. The minimum absolute atomic E-state index is 0.0886. The fraction of sp³-hybridized carbons (Fsp3) is 0.364. The van der Waals surface area contributed by atoms with Gasteiger partial charge in [0.2, 0.25) is 0 Å². The van der Waals surface area contributed by atoms with Crippen molar-refractivity contribution in [3.63, 3.8) is 0 Å². The van der Waals surface area contributed by atoms with E-state index in [-0.39, 0.29) is 17.0 Å². The molecule has 1 aromatic heterocycles. The quantitative estimate of drug-likeness (QED) is 0.565. The van der Waals surface area contributed by atoms with E-state index in [0.717, 1.165) is 17.8 Å². The first-order chi connectivity index (χ1) is 15.5. The number of thiazole rings is 1. The maximum absolute atomic E-state index is 12.8. The molecule has 1 atom stereocenters. The van der Waals surface area contributed by atoms with Gasteiger partial charge in [0.05, 0.1) is 0 Å². The number of carbonyl (C=O) groups excluding carboxylic acids is 2. The Hall–Kier alpha value is -3.42. The molecule has 32 heavy (non-hydrogen) atoms. The molecule has 0 aliphatic carbocycles. The van der Waals surface area contributed by atoms with Gasteiger partial charge in [0.15, 0.2) is 5.57 Å². The standard InChI is InChI=1S/C22H25N5O4S/c1-3-24-19(28)16(12-23)22-27(4-2)21(30)18(32-22)13-25-14-7-5-8-15(11-14)26-20(29)17-9-6-10-31-17/h5,7-8,11,13,17,25H,3-4,6,9-10H2,1-2H3,(H,24,28)(H,26,29). The first-order valence-electron chi connectivity index (χ1n) is 10.4. The summed E-state index contributed by atoms with van der Waals surface area (Å²) in [7, 11) is 0. The number of amides is 2. The van der Waals surface area contributed by atoms with Gasteiger partial charge in [-0.25, -0.2) is 0 Å².